The molecule has 6 nitrogen and oxygen atoms in total. The Balaban J connectivity index is 2.24. The molecule has 0 aliphatic rings. The number of aromatic nitrogens is 1. The smallest absolute Gasteiger partial charge is 0.264 e. The van der Waals surface area contributed by atoms with Gasteiger partial charge in [0, 0.05) is 13.1 Å². The first-order valence-corrected chi connectivity index (χ1v) is 7.93. The quantitative estimate of drug-likeness (QED) is 0.856. The second-order valence-corrected chi connectivity index (χ2v) is 5.82. The van der Waals surface area contributed by atoms with E-state index in [1.54, 1.807) is 37.4 Å². The second-order valence-electron chi connectivity index (χ2n) is 4.17. The predicted molar refractivity (Wildman–Crippen MR) is 82.2 cm³/mol. The van der Waals surface area contributed by atoms with Crippen molar-refractivity contribution in [1.29, 1.82) is 0 Å². The minimum absolute atomic E-state index is 0.182. The van der Waals surface area contributed by atoms with E-state index in [1.807, 2.05) is 6.92 Å². The second kappa shape index (κ2) is 6.45. The van der Waals surface area contributed by atoms with Gasteiger partial charge < -0.3 is 10.1 Å². The van der Waals surface area contributed by atoms with Crippen LogP contribution in [-0.4, -0.2) is 27.1 Å². The zero-order valence-corrected chi connectivity index (χ0v) is 12.6. The van der Waals surface area contributed by atoms with E-state index in [-0.39, 0.29) is 4.90 Å². The van der Waals surface area contributed by atoms with Crippen molar-refractivity contribution in [2.75, 3.05) is 23.7 Å². The summed E-state index contributed by atoms with van der Waals surface area (Å²) in [4.78, 5) is 4.21. The topological polar surface area (TPSA) is 80.3 Å². The van der Waals surface area contributed by atoms with Crippen molar-refractivity contribution in [2.45, 2.75) is 11.8 Å². The molecule has 0 atom stereocenters. The van der Waals surface area contributed by atoms with Crippen molar-refractivity contribution in [3.8, 4) is 5.88 Å². The van der Waals surface area contributed by atoms with Gasteiger partial charge in [0.15, 0.2) is 0 Å². The van der Waals surface area contributed by atoms with Crippen molar-refractivity contribution in [1.82, 2.24) is 4.98 Å². The zero-order valence-electron chi connectivity index (χ0n) is 11.8. The van der Waals surface area contributed by atoms with Crippen LogP contribution in [0.1, 0.15) is 6.92 Å². The fourth-order valence-electron chi connectivity index (χ4n) is 1.79. The number of rotatable bonds is 6. The number of nitrogens with zero attached hydrogens (tertiary/aromatic N) is 1. The Labute approximate surface area is 124 Å². The Hall–Kier alpha value is -2.28. The molecule has 0 saturated carbocycles. The molecule has 0 radical (unpaired) electrons. The third kappa shape index (κ3) is 3.63. The van der Waals surface area contributed by atoms with Crippen molar-refractivity contribution in [3.63, 3.8) is 0 Å². The lowest BCUT2D eigenvalue weighted by molar-refractivity contribution is 0.327. The fraction of sp³-hybridized carbons (Fsp3) is 0.214. The summed E-state index contributed by atoms with van der Waals surface area (Å²) in [5.74, 6) is 0.455. The van der Waals surface area contributed by atoms with Crippen LogP contribution in [0.5, 0.6) is 5.88 Å². The average Bonchev–Trinajstić information content (AvgIpc) is 2.49. The van der Waals surface area contributed by atoms with Crippen LogP contribution in [0.2, 0.25) is 0 Å². The molecule has 2 rings (SSSR count). The van der Waals surface area contributed by atoms with Gasteiger partial charge in [-0.05, 0) is 25.1 Å². The first-order chi connectivity index (χ1) is 10.1. The molecule has 112 valence electrons. The van der Waals surface area contributed by atoms with E-state index in [1.165, 1.54) is 12.3 Å². The number of para-hydroxylation sites is 1. The van der Waals surface area contributed by atoms with Gasteiger partial charge in [-0.3, -0.25) is 4.72 Å². The first kappa shape index (κ1) is 15.1. The zero-order chi connectivity index (χ0) is 15.3. The number of sulfonamides is 1. The molecular formula is C14H17N3O3S. The van der Waals surface area contributed by atoms with Crippen LogP contribution in [0.4, 0.5) is 11.4 Å². The number of pyridine rings is 1. The summed E-state index contributed by atoms with van der Waals surface area (Å²) in [6, 6.07) is 9.90. The van der Waals surface area contributed by atoms with E-state index in [0.29, 0.717) is 23.9 Å². The highest BCUT2D eigenvalue weighted by molar-refractivity contribution is 7.92. The average molecular weight is 307 g/mol. The standard InChI is InChI=1S/C14H17N3O3S/c1-3-20-14-9-8-11(10-16-14)17-21(18,19)13-7-5-4-6-12(13)15-2/h4-10,15,17H,3H2,1-2H3. The highest BCUT2D eigenvalue weighted by Gasteiger charge is 2.17. The van der Waals surface area contributed by atoms with Crippen LogP contribution >= 0.6 is 0 Å². The van der Waals surface area contributed by atoms with Crippen LogP contribution in [0.15, 0.2) is 47.5 Å². The maximum Gasteiger partial charge on any atom is 0.264 e. The molecular weight excluding hydrogens is 290 g/mol. The number of ether oxygens (including phenoxy) is 1. The van der Waals surface area contributed by atoms with E-state index in [4.69, 9.17) is 4.74 Å². The minimum atomic E-state index is -3.67. The van der Waals surface area contributed by atoms with E-state index in [0.717, 1.165) is 0 Å². The number of anilines is 2. The monoisotopic (exact) mass is 307 g/mol. The highest BCUT2D eigenvalue weighted by atomic mass is 32.2. The van der Waals surface area contributed by atoms with Gasteiger partial charge in [-0.2, -0.15) is 0 Å². The normalized spacial score (nSPS) is 11.0. The molecule has 2 N–H and O–H groups in total. The van der Waals surface area contributed by atoms with E-state index >= 15 is 0 Å². The number of hydrogen-bond donors (Lipinski definition) is 2. The molecule has 0 spiro atoms. The van der Waals surface area contributed by atoms with Gasteiger partial charge in [-0.1, -0.05) is 12.1 Å². The molecule has 1 aromatic heterocycles. The van der Waals surface area contributed by atoms with Gasteiger partial charge in [0.1, 0.15) is 4.90 Å². The van der Waals surface area contributed by atoms with Gasteiger partial charge in [0.25, 0.3) is 10.0 Å². The summed E-state index contributed by atoms with van der Waals surface area (Å²) in [7, 11) is -2.00. The van der Waals surface area contributed by atoms with Crippen molar-refractivity contribution in [3.05, 3.63) is 42.6 Å². The van der Waals surface area contributed by atoms with Crippen LogP contribution < -0.4 is 14.8 Å². The summed E-state index contributed by atoms with van der Waals surface area (Å²) in [6.07, 6.45) is 1.42. The molecule has 0 aliphatic heterocycles. The summed E-state index contributed by atoms with van der Waals surface area (Å²) >= 11 is 0. The molecule has 2 aromatic rings. The molecule has 0 amide bonds. The molecule has 1 heterocycles. The maximum atomic E-state index is 12.4. The Morgan fingerprint density at radius 3 is 2.57 bits per heavy atom. The predicted octanol–water partition coefficient (Wildman–Crippen LogP) is 2.32. The van der Waals surface area contributed by atoms with E-state index in [2.05, 4.69) is 15.0 Å². The lowest BCUT2D eigenvalue weighted by atomic mass is 10.3. The molecule has 0 fully saturated rings. The summed E-state index contributed by atoms with van der Waals surface area (Å²) in [5, 5.41) is 2.86. The Bertz CT molecular complexity index is 700. The molecule has 0 bridgehead atoms. The Morgan fingerprint density at radius 2 is 1.95 bits per heavy atom. The SMILES string of the molecule is CCOc1ccc(NS(=O)(=O)c2ccccc2NC)cn1. The van der Waals surface area contributed by atoms with Crippen LogP contribution in [0.25, 0.3) is 0 Å². The van der Waals surface area contributed by atoms with Gasteiger partial charge in [0.05, 0.1) is 24.2 Å². The summed E-state index contributed by atoms with van der Waals surface area (Å²) in [6.45, 7) is 2.36. The van der Waals surface area contributed by atoms with Gasteiger partial charge in [-0.15, -0.1) is 0 Å². The molecule has 0 unspecified atom stereocenters. The van der Waals surface area contributed by atoms with Gasteiger partial charge in [0.2, 0.25) is 5.88 Å². The van der Waals surface area contributed by atoms with Crippen LogP contribution in [-0.2, 0) is 10.0 Å². The van der Waals surface area contributed by atoms with E-state index < -0.39 is 10.0 Å². The van der Waals surface area contributed by atoms with Gasteiger partial charge >= 0.3 is 0 Å². The van der Waals surface area contributed by atoms with E-state index in [9.17, 15) is 8.42 Å². The van der Waals surface area contributed by atoms with Crippen LogP contribution in [0.3, 0.4) is 0 Å². The largest absolute Gasteiger partial charge is 0.478 e. The highest BCUT2D eigenvalue weighted by Crippen LogP contribution is 2.23. The number of nitrogens with one attached hydrogen (secondary N) is 2. The van der Waals surface area contributed by atoms with Crippen LogP contribution in [0, 0.1) is 0 Å². The molecule has 0 aliphatic carbocycles. The lowest BCUT2D eigenvalue weighted by Gasteiger charge is -2.12. The molecule has 21 heavy (non-hydrogen) atoms. The third-order valence-corrected chi connectivity index (χ3v) is 4.17. The number of hydrogen-bond acceptors (Lipinski definition) is 5. The lowest BCUT2D eigenvalue weighted by Crippen LogP contribution is -2.14. The van der Waals surface area contributed by atoms with Crippen molar-refractivity contribution >= 4 is 21.4 Å². The molecule has 0 saturated heterocycles. The summed E-state index contributed by atoms with van der Waals surface area (Å²) in [5.41, 5.74) is 0.910. The maximum absolute atomic E-state index is 12.4. The molecule has 7 heteroatoms. The van der Waals surface area contributed by atoms with Crippen molar-refractivity contribution in [2.24, 2.45) is 0 Å². The third-order valence-electron chi connectivity index (χ3n) is 2.73. The van der Waals surface area contributed by atoms with Crippen molar-refractivity contribution < 1.29 is 13.2 Å². The van der Waals surface area contributed by atoms with Gasteiger partial charge in [-0.25, -0.2) is 13.4 Å². The fourth-order valence-corrected chi connectivity index (χ4v) is 3.05. The first-order valence-electron chi connectivity index (χ1n) is 6.45. The molecule has 1 aromatic carbocycles. The Morgan fingerprint density at radius 1 is 1.19 bits per heavy atom. The minimum Gasteiger partial charge on any atom is -0.478 e. The number of benzene rings is 1. The Kier molecular flexibility index (Phi) is 4.64. The summed E-state index contributed by atoms with van der Waals surface area (Å²) < 4.78 is 32.5.